The van der Waals surface area contributed by atoms with Crippen LogP contribution in [0.2, 0.25) is 0 Å². The highest BCUT2D eigenvalue weighted by Gasteiger charge is 2.32. The average molecular weight is 371 g/mol. The Morgan fingerprint density at radius 2 is 2.08 bits per heavy atom. The number of rotatable bonds is 5. The predicted octanol–water partition coefficient (Wildman–Crippen LogP) is 0.227. The number of hydrogen-bond acceptors (Lipinski definition) is 5. The SMILES string of the molecule is COc1ccc(F)c(F)c1C(=O)N[C@@H]1CCN(CC(=O)N(C)C)C[C@H]1O. The summed E-state index contributed by atoms with van der Waals surface area (Å²) < 4.78 is 32.4. The van der Waals surface area contributed by atoms with Crippen LogP contribution in [-0.2, 0) is 4.79 Å². The second kappa shape index (κ2) is 8.41. The van der Waals surface area contributed by atoms with Crippen molar-refractivity contribution in [3.8, 4) is 5.75 Å². The van der Waals surface area contributed by atoms with Gasteiger partial charge in [0, 0.05) is 27.2 Å². The van der Waals surface area contributed by atoms with Crippen molar-refractivity contribution in [1.29, 1.82) is 0 Å². The van der Waals surface area contributed by atoms with Gasteiger partial charge in [0.05, 0.1) is 25.8 Å². The molecular weight excluding hydrogens is 348 g/mol. The van der Waals surface area contributed by atoms with Crippen molar-refractivity contribution < 1.29 is 28.2 Å². The first-order chi connectivity index (χ1) is 12.2. The number of carbonyl (C=O) groups excluding carboxylic acids is 2. The van der Waals surface area contributed by atoms with Crippen LogP contribution in [0.25, 0.3) is 0 Å². The van der Waals surface area contributed by atoms with E-state index in [1.54, 1.807) is 19.0 Å². The van der Waals surface area contributed by atoms with Gasteiger partial charge in [-0.1, -0.05) is 0 Å². The highest BCUT2D eigenvalue weighted by Crippen LogP contribution is 2.24. The maximum absolute atomic E-state index is 14.0. The Morgan fingerprint density at radius 1 is 1.38 bits per heavy atom. The van der Waals surface area contributed by atoms with E-state index in [-0.39, 0.29) is 24.7 Å². The van der Waals surface area contributed by atoms with Gasteiger partial charge in [0.15, 0.2) is 11.6 Å². The number of benzene rings is 1. The molecule has 1 aliphatic heterocycles. The van der Waals surface area contributed by atoms with Gasteiger partial charge in [-0.05, 0) is 18.6 Å². The van der Waals surface area contributed by atoms with E-state index in [0.717, 1.165) is 6.07 Å². The van der Waals surface area contributed by atoms with Gasteiger partial charge in [-0.25, -0.2) is 8.78 Å². The quantitative estimate of drug-likeness (QED) is 0.774. The van der Waals surface area contributed by atoms with Crippen molar-refractivity contribution in [3.63, 3.8) is 0 Å². The van der Waals surface area contributed by atoms with Crippen LogP contribution in [-0.4, -0.2) is 79.7 Å². The summed E-state index contributed by atoms with van der Waals surface area (Å²) in [6, 6.07) is 1.40. The number of likely N-dealkylation sites (N-methyl/N-ethyl adjacent to an activating group) is 1. The Labute approximate surface area is 150 Å². The molecule has 0 bridgehead atoms. The Bertz CT molecular complexity index is 684. The Balaban J connectivity index is 2.03. The van der Waals surface area contributed by atoms with Crippen LogP contribution in [0.5, 0.6) is 5.75 Å². The average Bonchev–Trinajstić information content (AvgIpc) is 2.59. The van der Waals surface area contributed by atoms with Crippen molar-refractivity contribution in [3.05, 3.63) is 29.3 Å². The Hall–Kier alpha value is -2.26. The molecule has 0 unspecified atom stereocenters. The third-order valence-corrected chi connectivity index (χ3v) is 4.34. The van der Waals surface area contributed by atoms with E-state index in [2.05, 4.69) is 5.32 Å². The van der Waals surface area contributed by atoms with E-state index >= 15 is 0 Å². The molecule has 0 saturated carbocycles. The number of nitrogens with zero attached hydrogens (tertiary/aromatic N) is 2. The molecule has 1 saturated heterocycles. The molecule has 0 radical (unpaired) electrons. The largest absolute Gasteiger partial charge is 0.496 e. The highest BCUT2D eigenvalue weighted by atomic mass is 19.2. The van der Waals surface area contributed by atoms with Gasteiger partial charge in [0.1, 0.15) is 11.3 Å². The van der Waals surface area contributed by atoms with Crippen molar-refractivity contribution in [1.82, 2.24) is 15.1 Å². The van der Waals surface area contributed by atoms with Crippen LogP contribution in [0, 0.1) is 11.6 Å². The molecular formula is C17H23F2N3O4. The molecule has 144 valence electrons. The molecule has 9 heteroatoms. The number of hydrogen-bond donors (Lipinski definition) is 2. The van der Waals surface area contributed by atoms with Crippen LogP contribution in [0.4, 0.5) is 8.78 Å². The van der Waals surface area contributed by atoms with E-state index in [0.29, 0.717) is 13.0 Å². The maximum atomic E-state index is 14.0. The summed E-state index contributed by atoms with van der Waals surface area (Å²) in [7, 11) is 4.54. The lowest BCUT2D eigenvalue weighted by Crippen LogP contribution is -2.55. The van der Waals surface area contributed by atoms with Crippen molar-refractivity contribution >= 4 is 11.8 Å². The normalized spacial score (nSPS) is 20.5. The number of β-amino-alcohol motifs (C(OH)–C–C–N with tert-alkyl or cyclic N) is 1. The number of aliphatic hydroxyl groups is 1. The summed E-state index contributed by atoms with van der Waals surface area (Å²) in [4.78, 5) is 27.4. The molecule has 1 fully saturated rings. The number of nitrogens with one attached hydrogen (secondary N) is 1. The fourth-order valence-electron chi connectivity index (χ4n) is 2.80. The van der Waals surface area contributed by atoms with Crippen LogP contribution >= 0.6 is 0 Å². The Kier molecular flexibility index (Phi) is 6.49. The first-order valence-electron chi connectivity index (χ1n) is 8.18. The number of halogens is 2. The van der Waals surface area contributed by atoms with Gasteiger partial charge in [0.25, 0.3) is 5.91 Å². The lowest BCUT2D eigenvalue weighted by Gasteiger charge is -2.36. The first kappa shape index (κ1) is 20.1. The molecule has 1 aromatic rings. The van der Waals surface area contributed by atoms with Crippen molar-refractivity contribution in [2.45, 2.75) is 18.6 Å². The second-order valence-corrected chi connectivity index (χ2v) is 6.40. The molecule has 1 heterocycles. The lowest BCUT2D eigenvalue weighted by molar-refractivity contribution is -0.130. The highest BCUT2D eigenvalue weighted by molar-refractivity contribution is 5.97. The van der Waals surface area contributed by atoms with Crippen molar-refractivity contribution in [2.24, 2.45) is 0 Å². The zero-order chi connectivity index (χ0) is 19.4. The van der Waals surface area contributed by atoms with Gasteiger partial charge in [-0.2, -0.15) is 0 Å². The third kappa shape index (κ3) is 4.47. The van der Waals surface area contributed by atoms with Crippen LogP contribution in [0.3, 0.4) is 0 Å². The maximum Gasteiger partial charge on any atom is 0.258 e. The number of likely N-dealkylation sites (tertiary alicyclic amines) is 1. The second-order valence-electron chi connectivity index (χ2n) is 6.40. The number of amides is 2. The van der Waals surface area contributed by atoms with Gasteiger partial charge in [0.2, 0.25) is 5.91 Å². The number of ether oxygens (including phenoxy) is 1. The monoisotopic (exact) mass is 371 g/mol. The first-order valence-corrected chi connectivity index (χ1v) is 8.18. The van der Waals surface area contributed by atoms with Crippen LogP contribution in [0.15, 0.2) is 12.1 Å². The third-order valence-electron chi connectivity index (χ3n) is 4.34. The minimum absolute atomic E-state index is 0.0914. The molecule has 2 rings (SSSR count). The topological polar surface area (TPSA) is 82.1 Å². The summed E-state index contributed by atoms with van der Waals surface area (Å²) in [6.07, 6.45) is -0.572. The van der Waals surface area contributed by atoms with Gasteiger partial charge < -0.3 is 20.1 Å². The minimum Gasteiger partial charge on any atom is -0.496 e. The van der Waals surface area contributed by atoms with Crippen LogP contribution in [0.1, 0.15) is 16.8 Å². The van der Waals surface area contributed by atoms with E-state index in [9.17, 15) is 23.5 Å². The molecule has 1 aromatic carbocycles. The fraction of sp³-hybridized carbons (Fsp3) is 0.529. The van der Waals surface area contributed by atoms with Crippen molar-refractivity contribution in [2.75, 3.05) is 40.8 Å². The summed E-state index contributed by atoms with van der Waals surface area (Å²) in [6.45, 7) is 0.828. The fourth-order valence-corrected chi connectivity index (χ4v) is 2.80. The zero-order valence-corrected chi connectivity index (χ0v) is 15.0. The number of piperidine rings is 1. The molecule has 2 N–H and O–H groups in total. The summed E-state index contributed by atoms with van der Waals surface area (Å²) in [5.74, 6) is -3.50. The van der Waals surface area contributed by atoms with E-state index < -0.39 is 35.3 Å². The molecule has 2 atom stereocenters. The molecule has 0 aromatic heterocycles. The minimum atomic E-state index is -1.30. The van der Waals surface area contributed by atoms with Gasteiger partial charge in [-0.3, -0.25) is 14.5 Å². The predicted molar refractivity (Wildman–Crippen MR) is 89.9 cm³/mol. The lowest BCUT2D eigenvalue weighted by atomic mass is 10.0. The van der Waals surface area contributed by atoms with Crippen LogP contribution < -0.4 is 10.1 Å². The smallest absolute Gasteiger partial charge is 0.258 e. The molecule has 7 nitrogen and oxygen atoms in total. The summed E-state index contributed by atoms with van der Waals surface area (Å²) in [5, 5.41) is 12.8. The molecule has 2 amide bonds. The summed E-state index contributed by atoms with van der Waals surface area (Å²) in [5.41, 5.74) is -0.537. The van der Waals surface area contributed by atoms with E-state index in [4.69, 9.17) is 4.74 Å². The van der Waals surface area contributed by atoms with E-state index in [1.165, 1.54) is 18.1 Å². The standard InChI is InChI=1S/C17H23F2N3O4/c1-21(2)14(24)9-22-7-6-11(12(23)8-22)20-17(25)15-13(26-3)5-4-10(18)16(15)19/h4-5,11-12,23H,6-9H2,1-3H3,(H,20,25)/t11-,12-/m1/s1. The van der Waals surface area contributed by atoms with Gasteiger partial charge in [-0.15, -0.1) is 0 Å². The number of carbonyl (C=O) groups is 2. The summed E-state index contributed by atoms with van der Waals surface area (Å²) >= 11 is 0. The molecule has 26 heavy (non-hydrogen) atoms. The number of aliphatic hydroxyl groups excluding tert-OH is 1. The van der Waals surface area contributed by atoms with Gasteiger partial charge >= 0.3 is 0 Å². The Morgan fingerprint density at radius 3 is 2.65 bits per heavy atom. The zero-order valence-electron chi connectivity index (χ0n) is 15.0. The molecule has 0 spiro atoms. The number of methoxy groups -OCH3 is 1. The molecule has 1 aliphatic rings. The molecule has 0 aliphatic carbocycles. The van der Waals surface area contributed by atoms with E-state index in [1.807, 2.05) is 0 Å².